The van der Waals surface area contributed by atoms with E-state index in [1.807, 2.05) is 30.3 Å². The normalized spacial score (nSPS) is 13.4. The molecule has 2 aromatic rings. The average Bonchev–Trinajstić information content (AvgIpc) is 3.40. The van der Waals surface area contributed by atoms with Crippen molar-refractivity contribution in [3.05, 3.63) is 69.8 Å². The molecule has 2 aromatic carbocycles. The van der Waals surface area contributed by atoms with Crippen molar-refractivity contribution in [2.45, 2.75) is 32.4 Å². The van der Waals surface area contributed by atoms with Crippen LogP contribution in [-0.4, -0.2) is 17.1 Å². The predicted molar refractivity (Wildman–Crippen MR) is 90.0 cm³/mol. The molecule has 1 aliphatic carbocycles. The second-order valence-corrected chi connectivity index (χ2v) is 5.84. The Morgan fingerprint density at radius 1 is 1.21 bits per heavy atom. The highest BCUT2D eigenvalue weighted by Crippen LogP contribution is 2.39. The van der Waals surface area contributed by atoms with Gasteiger partial charge in [0.15, 0.2) is 0 Å². The highest BCUT2D eigenvalue weighted by atomic mass is 16.6. The smallest absolute Gasteiger partial charge is 0.415 e. The lowest BCUT2D eigenvalue weighted by molar-refractivity contribution is -0.384. The Labute approximate surface area is 139 Å². The number of para-hydroxylation sites is 1. The van der Waals surface area contributed by atoms with Crippen molar-refractivity contribution in [3.8, 4) is 0 Å². The van der Waals surface area contributed by atoms with Gasteiger partial charge < -0.3 is 4.74 Å². The van der Waals surface area contributed by atoms with Crippen molar-refractivity contribution in [1.29, 1.82) is 0 Å². The summed E-state index contributed by atoms with van der Waals surface area (Å²) in [6.07, 6.45) is 1.11. The summed E-state index contributed by atoms with van der Waals surface area (Å²) in [5.74, 6) is 0. The molecule has 1 saturated carbocycles. The Morgan fingerprint density at radius 2 is 1.92 bits per heavy atom. The largest absolute Gasteiger partial charge is 0.444 e. The van der Waals surface area contributed by atoms with E-state index in [4.69, 9.17) is 4.74 Å². The number of carbonyl (C=O) groups is 1. The summed E-state index contributed by atoms with van der Waals surface area (Å²) in [5, 5.41) is 11.4. The summed E-state index contributed by atoms with van der Waals surface area (Å²) in [4.78, 5) is 24.9. The van der Waals surface area contributed by atoms with Gasteiger partial charge in [-0.1, -0.05) is 42.5 Å². The van der Waals surface area contributed by atoms with Gasteiger partial charge in [-0.3, -0.25) is 15.0 Å². The highest BCUT2D eigenvalue weighted by molar-refractivity contribution is 5.93. The minimum Gasteiger partial charge on any atom is -0.444 e. The van der Waals surface area contributed by atoms with E-state index in [1.54, 1.807) is 19.1 Å². The van der Waals surface area contributed by atoms with Crippen molar-refractivity contribution >= 4 is 17.5 Å². The van der Waals surface area contributed by atoms with Crippen LogP contribution in [0.25, 0.3) is 0 Å². The van der Waals surface area contributed by atoms with Gasteiger partial charge in [-0.15, -0.1) is 0 Å². The van der Waals surface area contributed by atoms with Crippen LogP contribution in [0.2, 0.25) is 0 Å². The molecule has 1 aliphatic rings. The Hall–Kier alpha value is -2.89. The number of benzene rings is 2. The number of anilines is 1. The lowest BCUT2D eigenvalue weighted by Crippen LogP contribution is -2.34. The standard InChI is InChI=1S/C18H18N2O4/c1-13-6-5-9-16(20(22)23)17(13)19(15-10-11-15)18(21)24-12-14-7-3-2-4-8-14/h2-9,15H,10-12H2,1H3. The number of nitrogens with zero attached hydrogens (tertiary/aromatic N) is 2. The van der Waals surface area contributed by atoms with Gasteiger partial charge in [0.05, 0.1) is 4.92 Å². The van der Waals surface area contributed by atoms with Gasteiger partial charge in [0, 0.05) is 12.1 Å². The molecule has 124 valence electrons. The van der Waals surface area contributed by atoms with Crippen LogP contribution in [0.15, 0.2) is 48.5 Å². The zero-order chi connectivity index (χ0) is 17.1. The fraction of sp³-hybridized carbons (Fsp3) is 0.278. The fourth-order valence-corrected chi connectivity index (χ4v) is 2.65. The van der Waals surface area contributed by atoms with Crippen LogP contribution in [-0.2, 0) is 11.3 Å². The second kappa shape index (κ2) is 6.70. The number of nitro benzene ring substituents is 1. The van der Waals surface area contributed by atoms with Crippen LogP contribution >= 0.6 is 0 Å². The van der Waals surface area contributed by atoms with Crippen LogP contribution in [0.1, 0.15) is 24.0 Å². The minimum atomic E-state index is -0.543. The molecular formula is C18H18N2O4. The number of rotatable bonds is 5. The monoisotopic (exact) mass is 326 g/mol. The summed E-state index contributed by atoms with van der Waals surface area (Å²) in [6, 6.07) is 14.1. The number of amides is 1. The van der Waals surface area contributed by atoms with Gasteiger partial charge in [-0.25, -0.2) is 4.79 Å². The molecule has 0 N–H and O–H groups in total. The maximum absolute atomic E-state index is 12.6. The Kier molecular flexibility index (Phi) is 4.46. The quantitative estimate of drug-likeness (QED) is 0.609. The van der Waals surface area contributed by atoms with Crippen LogP contribution < -0.4 is 4.90 Å². The molecule has 6 heteroatoms. The van der Waals surface area contributed by atoms with E-state index in [0.717, 1.165) is 18.4 Å². The van der Waals surface area contributed by atoms with E-state index >= 15 is 0 Å². The van der Waals surface area contributed by atoms with Gasteiger partial charge in [-0.2, -0.15) is 0 Å². The van der Waals surface area contributed by atoms with Crippen molar-refractivity contribution in [2.24, 2.45) is 0 Å². The van der Waals surface area contributed by atoms with Crippen LogP contribution in [0.3, 0.4) is 0 Å². The number of nitro groups is 1. The number of hydrogen-bond donors (Lipinski definition) is 0. The van der Waals surface area contributed by atoms with E-state index < -0.39 is 11.0 Å². The number of carbonyl (C=O) groups excluding carboxylic acids is 1. The first-order valence-electron chi connectivity index (χ1n) is 7.82. The molecule has 0 atom stereocenters. The summed E-state index contributed by atoms with van der Waals surface area (Å²) in [7, 11) is 0. The van der Waals surface area contributed by atoms with Gasteiger partial charge in [0.25, 0.3) is 5.69 Å². The van der Waals surface area contributed by atoms with Crippen LogP contribution in [0, 0.1) is 17.0 Å². The molecule has 0 unspecified atom stereocenters. The molecule has 0 radical (unpaired) electrons. The summed E-state index contributed by atoms with van der Waals surface area (Å²) >= 11 is 0. The molecule has 24 heavy (non-hydrogen) atoms. The first-order valence-corrected chi connectivity index (χ1v) is 7.82. The average molecular weight is 326 g/mol. The van der Waals surface area contributed by atoms with E-state index in [-0.39, 0.29) is 18.3 Å². The lowest BCUT2D eigenvalue weighted by atomic mass is 10.1. The van der Waals surface area contributed by atoms with E-state index in [1.165, 1.54) is 11.0 Å². The van der Waals surface area contributed by atoms with E-state index in [2.05, 4.69) is 0 Å². The third kappa shape index (κ3) is 3.37. The maximum atomic E-state index is 12.6. The maximum Gasteiger partial charge on any atom is 0.415 e. The minimum absolute atomic E-state index is 0.0342. The fourth-order valence-electron chi connectivity index (χ4n) is 2.65. The second-order valence-electron chi connectivity index (χ2n) is 5.84. The molecule has 0 aromatic heterocycles. The molecule has 1 amide bonds. The van der Waals surface area contributed by atoms with Gasteiger partial charge in [0.1, 0.15) is 12.3 Å². The zero-order valence-corrected chi connectivity index (χ0v) is 13.3. The summed E-state index contributed by atoms with van der Waals surface area (Å²) in [5.41, 5.74) is 1.83. The van der Waals surface area contributed by atoms with Gasteiger partial charge >= 0.3 is 6.09 Å². The lowest BCUT2D eigenvalue weighted by Gasteiger charge is -2.23. The molecular weight excluding hydrogens is 308 g/mol. The number of aryl methyl sites for hydroxylation is 1. The molecule has 0 aliphatic heterocycles. The van der Waals surface area contributed by atoms with Gasteiger partial charge in [-0.05, 0) is 30.9 Å². The summed E-state index contributed by atoms with van der Waals surface area (Å²) in [6.45, 7) is 1.91. The molecule has 0 heterocycles. The Bertz CT molecular complexity index is 757. The molecule has 0 saturated heterocycles. The van der Waals surface area contributed by atoms with Crippen molar-refractivity contribution < 1.29 is 14.5 Å². The van der Waals surface area contributed by atoms with Gasteiger partial charge in [0.2, 0.25) is 0 Å². The molecule has 6 nitrogen and oxygen atoms in total. The van der Waals surface area contributed by atoms with Crippen molar-refractivity contribution in [2.75, 3.05) is 4.90 Å². The Morgan fingerprint density at radius 3 is 2.54 bits per heavy atom. The topological polar surface area (TPSA) is 72.7 Å². The third-order valence-corrected chi connectivity index (χ3v) is 3.97. The predicted octanol–water partition coefficient (Wildman–Crippen LogP) is 4.21. The SMILES string of the molecule is Cc1cccc([N+](=O)[O-])c1N(C(=O)OCc1ccccc1)C1CC1. The first-order chi connectivity index (χ1) is 11.6. The first kappa shape index (κ1) is 16.0. The summed E-state index contributed by atoms with van der Waals surface area (Å²) < 4.78 is 5.40. The van der Waals surface area contributed by atoms with Crippen molar-refractivity contribution in [3.63, 3.8) is 0 Å². The number of hydrogen-bond acceptors (Lipinski definition) is 4. The van der Waals surface area contributed by atoms with Crippen LogP contribution in [0.5, 0.6) is 0 Å². The third-order valence-electron chi connectivity index (χ3n) is 3.97. The molecule has 3 rings (SSSR count). The van der Waals surface area contributed by atoms with Crippen LogP contribution in [0.4, 0.5) is 16.2 Å². The van der Waals surface area contributed by atoms with E-state index in [0.29, 0.717) is 11.3 Å². The molecule has 0 bridgehead atoms. The van der Waals surface area contributed by atoms with Crippen molar-refractivity contribution in [1.82, 2.24) is 0 Å². The molecule has 0 spiro atoms. The number of ether oxygens (including phenoxy) is 1. The molecule has 1 fully saturated rings. The Balaban J connectivity index is 1.85. The highest BCUT2D eigenvalue weighted by Gasteiger charge is 2.39. The van der Waals surface area contributed by atoms with E-state index in [9.17, 15) is 14.9 Å². The zero-order valence-electron chi connectivity index (χ0n) is 13.3.